The lowest BCUT2D eigenvalue weighted by atomic mass is 10.4. The highest BCUT2D eigenvalue weighted by molar-refractivity contribution is 7.02. The minimum atomic E-state index is -3.86. The molecular weight excluding hydrogens is 537 g/mol. The van der Waals surface area contributed by atoms with Crippen molar-refractivity contribution in [3.8, 4) is 0 Å². The summed E-state index contributed by atoms with van der Waals surface area (Å²) in [5.74, 6) is 0. The number of hydrogen-bond acceptors (Lipinski definition) is 8. The topological polar surface area (TPSA) is 95.8 Å². The third-order valence-electron chi connectivity index (χ3n) is 4.83. The second kappa shape index (κ2) is 9.71. The molecule has 1 aliphatic heterocycles. The molecule has 34 heavy (non-hydrogen) atoms. The highest BCUT2D eigenvalue weighted by Gasteiger charge is 2.58. The molecule has 0 amide bonds. The SMILES string of the molecule is C[Si]1(C)O[Si](C)(C)O[Si](c2ccccc2)(c2ccccc2)O[Si](C)(O)O[Si](C)(C)O[Si](C)(O)O1. The fourth-order valence-corrected chi connectivity index (χ4v) is 31.7. The smallest absolute Gasteiger partial charge is 0.416 e. The van der Waals surface area contributed by atoms with Gasteiger partial charge in [-0.15, -0.1) is 0 Å². The predicted molar refractivity (Wildman–Crippen MR) is 145 cm³/mol. The summed E-state index contributed by atoms with van der Waals surface area (Å²) < 4.78 is 38.6. The molecule has 2 N–H and O–H groups in total. The first-order valence-corrected chi connectivity index (χ1v) is 26.0. The van der Waals surface area contributed by atoms with Crippen molar-refractivity contribution in [2.75, 3.05) is 0 Å². The van der Waals surface area contributed by atoms with Crippen molar-refractivity contribution in [3.63, 3.8) is 0 Å². The molecule has 0 aromatic heterocycles. The van der Waals surface area contributed by atoms with Crippen LogP contribution >= 0.6 is 0 Å². The second-order valence-electron chi connectivity index (χ2n) is 9.96. The van der Waals surface area contributed by atoms with E-state index in [4.69, 9.17) is 24.7 Å². The Hall–Kier alpha value is -0.579. The number of benzene rings is 2. The maximum atomic E-state index is 11.6. The molecule has 0 saturated carbocycles. The van der Waals surface area contributed by atoms with E-state index in [9.17, 15) is 9.59 Å². The molecule has 0 bridgehead atoms. The maximum absolute atomic E-state index is 11.6. The van der Waals surface area contributed by atoms with Crippen molar-refractivity contribution in [2.24, 2.45) is 0 Å². The van der Waals surface area contributed by atoms with E-state index in [-0.39, 0.29) is 0 Å². The molecule has 3 rings (SSSR count). The summed E-state index contributed by atoms with van der Waals surface area (Å²) in [6.45, 7) is 14.2. The molecule has 2 unspecified atom stereocenters. The standard InChI is InChI=1S/C20H36O8Si6/c1-29(2)23-30(3,4)27-34(19-15-11-9-12-16-19,20-17-13-10-14-18-20)28-33(8,22)26-31(5,6)25-32(7,21)24-29/h9-18,21-22H,1-8H3. The van der Waals surface area contributed by atoms with Crippen LogP contribution in [0.3, 0.4) is 0 Å². The van der Waals surface area contributed by atoms with Gasteiger partial charge in [-0.25, -0.2) is 0 Å². The lowest BCUT2D eigenvalue weighted by Gasteiger charge is -2.46. The first-order chi connectivity index (χ1) is 15.5. The summed E-state index contributed by atoms with van der Waals surface area (Å²) in [5, 5.41) is 1.67. The fourth-order valence-electron chi connectivity index (χ4n) is 4.42. The van der Waals surface area contributed by atoms with Crippen LogP contribution in [0.2, 0.25) is 52.4 Å². The van der Waals surface area contributed by atoms with Gasteiger partial charge in [-0.3, -0.25) is 0 Å². The maximum Gasteiger partial charge on any atom is 0.477 e. The van der Waals surface area contributed by atoms with E-state index >= 15 is 0 Å². The summed E-state index contributed by atoms with van der Waals surface area (Å²) >= 11 is 0. The highest BCUT2D eigenvalue weighted by atomic mass is 28.5. The van der Waals surface area contributed by atoms with E-state index in [1.165, 1.54) is 0 Å². The van der Waals surface area contributed by atoms with Crippen LogP contribution in [0.1, 0.15) is 0 Å². The van der Waals surface area contributed by atoms with Crippen molar-refractivity contribution < 1.29 is 34.3 Å². The van der Waals surface area contributed by atoms with Crippen LogP contribution in [0.25, 0.3) is 0 Å². The molecule has 2 aromatic rings. The Labute approximate surface area is 209 Å². The zero-order valence-corrected chi connectivity index (χ0v) is 27.1. The van der Waals surface area contributed by atoms with Crippen LogP contribution in [-0.4, -0.2) is 61.4 Å². The van der Waals surface area contributed by atoms with E-state index in [2.05, 4.69) is 0 Å². The molecule has 14 heteroatoms. The van der Waals surface area contributed by atoms with Gasteiger partial charge in [-0.05, 0) is 49.7 Å². The van der Waals surface area contributed by atoms with E-state index in [1.807, 2.05) is 86.9 Å². The van der Waals surface area contributed by atoms with Crippen molar-refractivity contribution in [1.82, 2.24) is 0 Å². The first kappa shape index (κ1) is 28.0. The molecule has 8 nitrogen and oxygen atoms in total. The van der Waals surface area contributed by atoms with Crippen LogP contribution < -0.4 is 10.4 Å². The van der Waals surface area contributed by atoms with Crippen LogP contribution in [-0.2, 0) is 24.7 Å². The molecule has 1 saturated heterocycles. The van der Waals surface area contributed by atoms with Crippen LogP contribution in [0, 0.1) is 0 Å². The summed E-state index contributed by atoms with van der Waals surface area (Å²) in [6, 6.07) is 19.4. The van der Waals surface area contributed by atoms with Gasteiger partial charge in [0.15, 0.2) is 0 Å². The summed E-state index contributed by atoms with van der Waals surface area (Å²) in [7, 11) is -20.0. The zero-order valence-electron chi connectivity index (χ0n) is 21.1. The number of hydrogen-bond donors (Lipinski definition) is 2. The largest absolute Gasteiger partial charge is 0.477 e. The zero-order chi connectivity index (χ0) is 25.5. The number of rotatable bonds is 2. The Kier molecular flexibility index (Phi) is 7.99. The molecule has 1 heterocycles. The van der Waals surface area contributed by atoms with Crippen LogP contribution in [0.15, 0.2) is 60.7 Å². The van der Waals surface area contributed by atoms with Crippen LogP contribution in [0.4, 0.5) is 0 Å². The third-order valence-corrected chi connectivity index (χ3v) is 27.2. The van der Waals surface area contributed by atoms with E-state index in [0.717, 1.165) is 10.4 Å². The van der Waals surface area contributed by atoms with Gasteiger partial charge in [0.1, 0.15) is 0 Å². The summed E-state index contributed by atoms with van der Waals surface area (Å²) in [6.07, 6.45) is 0. The van der Waals surface area contributed by atoms with Crippen molar-refractivity contribution >= 4 is 62.2 Å². The lowest BCUT2D eigenvalue weighted by Crippen LogP contribution is -2.74. The Balaban J connectivity index is 2.24. The monoisotopic (exact) mass is 572 g/mol. The van der Waals surface area contributed by atoms with Gasteiger partial charge in [0, 0.05) is 13.1 Å². The minimum Gasteiger partial charge on any atom is -0.416 e. The van der Waals surface area contributed by atoms with E-state index in [1.54, 1.807) is 26.2 Å². The first-order valence-electron chi connectivity index (χ1n) is 11.2. The Morgan fingerprint density at radius 3 is 1.18 bits per heavy atom. The second-order valence-corrected chi connectivity index (χ2v) is 29.2. The predicted octanol–water partition coefficient (Wildman–Crippen LogP) is 2.58. The normalized spacial score (nSPS) is 31.1. The molecule has 0 aliphatic carbocycles. The van der Waals surface area contributed by atoms with E-state index in [0.29, 0.717) is 0 Å². The van der Waals surface area contributed by atoms with Crippen molar-refractivity contribution in [3.05, 3.63) is 60.7 Å². The fraction of sp³-hybridized carbons (Fsp3) is 0.400. The molecule has 2 atom stereocenters. The average Bonchev–Trinajstić information content (AvgIpc) is 2.63. The van der Waals surface area contributed by atoms with Crippen molar-refractivity contribution in [1.29, 1.82) is 0 Å². The summed E-state index contributed by atoms with van der Waals surface area (Å²) in [4.78, 5) is 22.6. The summed E-state index contributed by atoms with van der Waals surface area (Å²) in [5.41, 5.74) is 0. The van der Waals surface area contributed by atoms with Gasteiger partial charge in [0.05, 0.1) is 0 Å². The van der Waals surface area contributed by atoms with E-state index < -0.39 is 51.9 Å². The third kappa shape index (κ3) is 7.23. The van der Waals surface area contributed by atoms with Gasteiger partial charge >= 0.3 is 51.9 Å². The molecular formula is C20H36O8Si6. The highest BCUT2D eigenvalue weighted by Crippen LogP contribution is 2.30. The molecule has 1 aliphatic rings. The Bertz CT molecular complexity index is 894. The lowest BCUT2D eigenvalue weighted by molar-refractivity contribution is 0.166. The van der Waals surface area contributed by atoms with Crippen LogP contribution in [0.5, 0.6) is 0 Å². The van der Waals surface area contributed by atoms with Crippen molar-refractivity contribution in [2.45, 2.75) is 52.4 Å². The quantitative estimate of drug-likeness (QED) is 0.530. The Morgan fingerprint density at radius 1 is 0.441 bits per heavy atom. The van der Waals surface area contributed by atoms with Gasteiger partial charge in [-0.1, -0.05) is 60.7 Å². The molecule has 2 aromatic carbocycles. The molecule has 1 fully saturated rings. The van der Waals surface area contributed by atoms with Gasteiger partial charge in [-0.2, -0.15) is 0 Å². The molecule has 0 spiro atoms. The molecule has 0 radical (unpaired) electrons. The average molecular weight is 573 g/mol. The van der Waals surface area contributed by atoms with Gasteiger partial charge in [0.25, 0.3) is 0 Å². The molecule has 188 valence electrons. The minimum absolute atomic E-state index is 0.834. The van der Waals surface area contributed by atoms with Gasteiger partial charge < -0.3 is 34.3 Å². The Morgan fingerprint density at radius 2 is 0.765 bits per heavy atom. The van der Waals surface area contributed by atoms with Gasteiger partial charge in [0.2, 0.25) is 0 Å².